The zero-order valence-electron chi connectivity index (χ0n) is 17.5. The van der Waals surface area contributed by atoms with Gasteiger partial charge in [0.2, 0.25) is 0 Å². The molecule has 0 fully saturated rings. The maximum Gasteiger partial charge on any atom is 0.340 e. The second kappa shape index (κ2) is 10.2. The van der Waals surface area contributed by atoms with Gasteiger partial charge in [0.15, 0.2) is 0 Å². The van der Waals surface area contributed by atoms with Crippen LogP contribution in [0.2, 0.25) is 5.02 Å². The topological polar surface area (TPSA) is 98.5 Å². The predicted molar refractivity (Wildman–Crippen MR) is 112 cm³/mol. The Labute approximate surface area is 180 Å². The Hall–Kier alpha value is -2.95. The number of carbonyl (C=O) groups is 2. The first-order valence-electron chi connectivity index (χ1n) is 9.30. The van der Waals surface area contributed by atoms with Crippen molar-refractivity contribution in [3.05, 3.63) is 51.3 Å². The molecular formula is C22H23ClN2O5. The van der Waals surface area contributed by atoms with Crippen molar-refractivity contribution in [3.8, 4) is 17.2 Å². The smallest absolute Gasteiger partial charge is 0.340 e. The van der Waals surface area contributed by atoms with Crippen molar-refractivity contribution in [2.24, 2.45) is 0 Å². The molecule has 0 aliphatic carbocycles. The lowest BCUT2D eigenvalue weighted by molar-refractivity contribution is 0.0377. The number of carbonyl (C=O) groups excluding carboxylic acids is 2. The second-order valence-electron chi connectivity index (χ2n) is 6.77. The van der Waals surface area contributed by atoms with Crippen LogP contribution in [0.4, 0.5) is 0 Å². The minimum atomic E-state index is -0.677. The van der Waals surface area contributed by atoms with E-state index in [1.165, 1.54) is 7.11 Å². The minimum absolute atomic E-state index is 0.0276. The number of ether oxygens (including phenoxy) is 3. The van der Waals surface area contributed by atoms with Crippen LogP contribution in [0.1, 0.15) is 51.5 Å². The van der Waals surface area contributed by atoms with Crippen LogP contribution in [0.3, 0.4) is 0 Å². The Morgan fingerprint density at radius 3 is 2.33 bits per heavy atom. The van der Waals surface area contributed by atoms with Crippen LogP contribution in [0.15, 0.2) is 18.2 Å². The van der Waals surface area contributed by atoms with E-state index in [4.69, 9.17) is 25.8 Å². The lowest BCUT2D eigenvalue weighted by Crippen LogP contribution is -2.20. The van der Waals surface area contributed by atoms with Gasteiger partial charge in [-0.05, 0) is 33.8 Å². The maximum atomic E-state index is 12.9. The molecule has 1 aromatic carbocycles. The molecule has 0 unspecified atom stereocenters. The number of nitriles is 1. The van der Waals surface area contributed by atoms with E-state index in [0.717, 1.165) is 0 Å². The summed E-state index contributed by atoms with van der Waals surface area (Å²) in [4.78, 5) is 30.2. The number of methoxy groups -OCH3 is 1. The molecule has 8 heteroatoms. The third-order valence-corrected chi connectivity index (χ3v) is 4.63. The van der Waals surface area contributed by atoms with Crippen LogP contribution in [-0.4, -0.2) is 43.4 Å². The van der Waals surface area contributed by atoms with Gasteiger partial charge in [-0.2, -0.15) is 5.26 Å². The molecule has 0 spiro atoms. The molecule has 0 N–H and O–H groups in total. The van der Waals surface area contributed by atoms with E-state index in [-0.39, 0.29) is 46.6 Å². The lowest BCUT2D eigenvalue weighted by atomic mass is 9.91. The van der Waals surface area contributed by atoms with Gasteiger partial charge in [0.05, 0.1) is 45.8 Å². The van der Waals surface area contributed by atoms with Crippen LogP contribution in [-0.2, 0) is 14.2 Å². The summed E-state index contributed by atoms with van der Waals surface area (Å²) < 4.78 is 15.6. The number of halogens is 1. The van der Waals surface area contributed by atoms with Crippen LogP contribution < -0.4 is 0 Å². The van der Waals surface area contributed by atoms with Crippen molar-refractivity contribution in [1.82, 2.24) is 4.98 Å². The molecule has 0 atom stereocenters. The molecule has 1 heterocycles. The van der Waals surface area contributed by atoms with Gasteiger partial charge in [-0.3, -0.25) is 4.98 Å². The van der Waals surface area contributed by atoms with Crippen LogP contribution in [0, 0.1) is 25.2 Å². The van der Waals surface area contributed by atoms with Crippen molar-refractivity contribution < 1.29 is 23.8 Å². The van der Waals surface area contributed by atoms with Crippen molar-refractivity contribution in [3.63, 3.8) is 0 Å². The van der Waals surface area contributed by atoms with E-state index in [9.17, 15) is 14.9 Å². The van der Waals surface area contributed by atoms with E-state index in [0.29, 0.717) is 17.0 Å². The van der Waals surface area contributed by atoms with Crippen molar-refractivity contribution in [1.29, 1.82) is 5.26 Å². The molecule has 1 aromatic heterocycles. The summed E-state index contributed by atoms with van der Waals surface area (Å²) in [5.41, 5.74) is 1.72. The fraction of sp³-hybridized carbons (Fsp3) is 0.364. The quantitative estimate of drug-likeness (QED) is 0.478. The summed E-state index contributed by atoms with van der Waals surface area (Å²) in [6.07, 6.45) is -0.385. The number of hydrogen-bond acceptors (Lipinski definition) is 7. The molecule has 2 aromatic rings. The summed E-state index contributed by atoms with van der Waals surface area (Å²) in [6.45, 7) is 6.97. The van der Waals surface area contributed by atoms with Gasteiger partial charge in [-0.25, -0.2) is 9.59 Å². The average Bonchev–Trinajstić information content (AvgIpc) is 2.67. The van der Waals surface area contributed by atoms with Crippen LogP contribution in [0.5, 0.6) is 0 Å². The summed E-state index contributed by atoms with van der Waals surface area (Å²) in [5, 5.41) is 9.49. The van der Waals surface area contributed by atoms with E-state index in [1.807, 2.05) is 6.07 Å². The number of esters is 2. The number of aromatic nitrogens is 1. The minimum Gasteiger partial charge on any atom is -0.460 e. The first-order valence-corrected chi connectivity index (χ1v) is 9.67. The van der Waals surface area contributed by atoms with Gasteiger partial charge in [-0.15, -0.1) is 0 Å². The summed E-state index contributed by atoms with van der Waals surface area (Å²) in [6, 6.07) is 6.82. The largest absolute Gasteiger partial charge is 0.460 e. The van der Waals surface area contributed by atoms with Gasteiger partial charge < -0.3 is 14.2 Å². The zero-order valence-corrected chi connectivity index (χ0v) is 18.3. The van der Waals surface area contributed by atoms with Crippen molar-refractivity contribution >= 4 is 23.5 Å². The highest BCUT2D eigenvalue weighted by molar-refractivity contribution is 6.35. The summed E-state index contributed by atoms with van der Waals surface area (Å²) in [7, 11) is 1.49. The molecule has 0 saturated heterocycles. The Bertz CT molecular complexity index is 1010. The molecule has 2 rings (SSSR count). The summed E-state index contributed by atoms with van der Waals surface area (Å²) in [5.74, 6) is -1.32. The fourth-order valence-corrected chi connectivity index (χ4v) is 3.26. The van der Waals surface area contributed by atoms with Gasteiger partial charge in [0.25, 0.3) is 0 Å². The second-order valence-corrected chi connectivity index (χ2v) is 7.15. The lowest BCUT2D eigenvalue weighted by Gasteiger charge is -2.19. The molecule has 30 heavy (non-hydrogen) atoms. The number of rotatable bonds is 7. The zero-order chi connectivity index (χ0) is 22.4. The highest BCUT2D eigenvalue weighted by atomic mass is 35.5. The van der Waals surface area contributed by atoms with E-state index >= 15 is 0 Å². The van der Waals surface area contributed by atoms with Gasteiger partial charge in [0, 0.05) is 18.2 Å². The molecule has 0 aliphatic rings. The van der Waals surface area contributed by atoms with Gasteiger partial charge in [-0.1, -0.05) is 23.7 Å². The predicted octanol–water partition coefficient (Wildman–Crippen LogP) is 4.26. The molecular weight excluding hydrogens is 408 g/mol. The van der Waals surface area contributed by atoms with Gasteiger partial charge >= 0.3 is 11.9 Å². The van der Waals surface area contributed by atoms with Crippen molar-refractivity contribution in [2.75, 3.05) is 20.3 Å². The SMILES string of the molecule is COCCOC(=O)c1c(C)nc(C)c(C(=O)OC(C)C)c1-c1cccc(C#N)c1Cl. The number of nitrogens with zero attached hydrogens (tertiary/aromatic N) is 2. The Morgan fingerprint density at radius 1 is 1.13 bits per heavy atom. The molecule has 0 saturated carbocycles. The molecule has 158 valence electrons. The van der Waals surface area contributed by atoms with E-state index in [1.54, 1.807) is 45.9 Å². The fourth-order valence-electron chi connectivity index (χ4n) is 2.99. The summed E-state index contributed by atoms with van der Waals surface area (Å²) >= 11 is 6.47. The Balaban J connectivity index is 2.84. The number of aryl methyl sites for hydroxylation is 2. The Kier molecular flexibility index (Phi) is 7.93. The molecule has 0 bridgehead atoms. The third-order valence-electron chi connectivity index (χ3n) is 4.22. The molecule has 0 amide bonds. The number of pyridine rings is 1. The average molecular weight is 431 g/mol. The number of hydrogen-bond donors (Lipinski definition) is 0. The molecule has 0 aliphatic heterocycles. The van der Waals surface area contributed by atoms with Crippen molar-refractivity contribution in [2.45, 2.75) is 33.8 Å². The first-order chi connectivity index (χ1) is 14.2. The van der Waals surface area contributed by atoms with Crippen LogP contribution in [0.25, 0.3) is 11.1 Å². The first kappa shape index (κ1) is 23.3. The van der Waals surface area contributed by atoms with Crippen LogP contribution >= 0.6 is 11.6 Å². The molecule has 7 nitrogen and oxygen atoms in total. The normalized spacial score (nSPS) is 10.6. The standard InChI is InChI=1S/C22H23ClN2O5/c1-12(2)30-22(27)18-14(4)25-13(3)17(21(26)29-10-9-28-5)19(18)16-8-6-7-15(11-24)20(16)23/h6-8,12H,9-10H2,1-5H3. The maximum absolute atomic E-state index is 12.9. The van der Waals surface area contributed by atoms with E-state index < -0.39 is 11.9 Å². The molecule has 0 radical (unpaired) electrons. The van der Waals surface area contributed by atoms with Gasteiger partial charge in [0.1, 0.15) is 12.7 Å². The monoisotopic (exact) mass is 430 g/mol. The third kappa shape index (κ3) is 4.96. The number of benzene rings is 1. The Morgan fingerprint density at radius 2 is 1.77 bits per heavy atom. The van der Waals surface area contributed by atoms with E-state index in [2.05, 4.69) is 4.98 Å². The highest BCUT2D eigenvalue weighted by Crippen LogP contribution is 2.38. The highest BCUT2D eigenvalue weighted by Gasteiger charge is 2.29.